The van der Waals surface area contributed by atoms with Crippen LogP contribution >= 0.6 is 0 Å². The summed E-state index contributed by atoms with van der Waals surface area (Å²) in [6.07, 6.45) is 5.61. The van der Waals surface area contributed by atoms with E-state index in [2.05, 4.69) is 22.0 Å². The minimum Gasteiger partial charge on any atom is -0.335 e. The van der Waals surface area contributed by atoms with Crippen LogP contribution in [0.3, 0.4) is 0 Å². The summed E-state index contributed by atoms with van der Waals surface area (Å²) in [5.74, 6) is 0.355. The normalized spacial score (nSPS) is 23.7. The number of nitrogens with zero attached hydrogens (tertiary/aromatic N) is 3. The number of aryl methyl sites for hydroxylation is 1. The molecule has 0 unspecified atom stereocenters. The van der Waals surface area contributed by atoms with Crippen LogP contribution < -0.4 is 5.32 Å². The van der Waals surface area contributed by atoms with Crippen molar-refractivity contribution in [1.82, 2.24) is 14.7 Å². The van der Waals surface area contributed by atoms with Gasteiger partial charge in [-0.15, -0.1) is 0 Å². The van der Waals surface area contributed by atoms with E-state index in [0.717, 1.165) is 69.5 Å². The molecule has 4 rings (SSSR count). The molecular weight excluding hydrogens is 452 g/mol. The van der Waals surface area contributed by atoms with E-state index in [9.17, 15) is 18.0 Å². The van der Waals surface area contributed by atoms with Crippen molar-refractivity contribution in [1.29, 1.82) is 0 Å². The predicted molar refractivity (Wildman–Crippen MR) is 133 cm³/mol. The Balaban J connectivity index is 1.27. The lowest BCUT2D eigenvalue weighted by atomic mass is 10.1. The van der Waals surface area contributed by atoms with Gasteiger partial charge in [-0.3, -0.25) is 19.4 Å². The second kappa shape index (κ2) is 11.2. The summed E-state index contributed by atoms with van der Waals surface area (Å²) in [5.41, 5.74) is 2.00. The summed E-state index contributed by atoms with van der Waals surface area (Å²) in [5, 5.41) is 3.03. The zero-order valence-corrected chi connectivity index (χ0v) is 21.1. The van der Waals surface area contributed by atoms with Gasteiger partial charge < -0.3 is 10.2 Å². The Hall–Kier alpha value is -1.97. The second-order valence-corrected chi connectivity index (χ2v) is 12.1. The Kier molecular flexibility index (Phi) is 8.26. The highest BCUT2D eigenvalue weighted by molar-refractivity contribution is 7.91. The quantitative estimate of drug-likeness (QED) is 0.597. The van der Waals surface area contributed by atoms with Crippen molar-refractivity contribution in [2.24, 2.45) is 0 Å². The van der Waals surface area contributed by atoms with E-state index in [1.165, 1.54) is 0 Å². The molecule has 0 aromatic heterocycles. The molecule has 188 valence electrons. The molecule has 1 saturated carbocycles. The van der Waals surface area contributed by atoms with Crippen LogP contribution in [0.5, 0.6) is 0 Å². The highest BCUT2D eigenvalue weighted by Crippen LogP contribution is 2.29. The molecule has 1 N–H and O–H groups in total. The average Bonchev–Trinajstić information content (AvgIpc) is 3.45. The number of piperazine rings is 1. The summed E-state index contributed by atoms with van der Waals surface area (Å²) in [6, 6.07) is 7.89. The molecule has 3 fully saturated rings. The number of rotatable bonds is 8. The van der Waals surface area contributed by atoms with Gasteiger partial charge >= 0.3 is 0 Å². The molecule has 0 spiro atoms. The van der Waals surface area contributed by atoms with E-state index in [1.807, 2.05) is 29.2 Å². The molecule has 1 aromatic rings. The lowest BCUT2D eigenvalue weighted by Gasteiger charge is -2.38. The number of benzene rings is 1. The minimum absolute atomic E-state index is 0.0136. The van der Waals surface area contributed by atoms with E-state index < -0.39 is 9.84 Å². The number of hydrogen-bond donors (Lipinski definition) is 1. The van der Waals surface area contributed by atoms with E-state index in [0.29, 0.717) is 19.5 Å². The summed E-state index contributed by atoms with van der Waals surface area (Å²) in [7, 11) is -3.03. The van der Waals surface area contributed by atoms with Gasteiger partial charge in [-0.05, 0) is 37.3 Å². The number of sulfone groups is 1. The number of hydrogen-bond acceptors (Lipinski definition) is 6. The highest BCUT2D eigenvalue weighted by atomic mass is 32.2. The first-order valence-corrected chi connectivity index (χ1v) is 14.5. The molecule has 1 aliphatic carbocycles. The van der Waals surface area contributed by atoms with Gasteiger partial charge in [-0.2, -0.15) is 0 Å². The van der Waals surface area contributed by atoms with Crippen LogP contribution in [-0.2, 0) is 25.8 Å². The molecule has 3 aliphatic rings. The van der Waals surface area contributed by atoms with Crippen molar-refractivity contribution in [3.8, 4) is 0 Å². The molecule has 2 amide bonds. The van der Waals surface area contributed by atoms with Crippen LogP contribution in [-0.4, -0.2) is 97.8 Å². The van der Waals surface area contributed by atoms with Crippen LogP contribution in [0.4, 0.5) is 5.69 Å². The Labute approximate surface area is 203 Å². The lowest BCUT2D eigenvalue weighted by molar-refractivity contribution is -0.137. The maximum absolute atomic E-state index is 13.3. The summed E-state index contributed by atoms with van der Waals surface area (Å²) >= 11 is 0. The maximum atomic E-state index is 13.3. The largest absolute Gasteiger partial charge is 0.335 e. The van der Waals surface area contributed by atoms with Crippen LogP contribution in [0.15, 0.2) is 24.3 Å². The van der Waals surface area contributed by atoms with Crippen molar-refractivity contribution < 1.29 is 18.0 Å². The summed E-state index contributed by atoms with van der Waals surface area (Å²) in [6.45, 7) is 5.67. The van der Waals surface area contributed by atoms with Gasteiger partial charge in [0, 0.05) is 44.0 Å². The van der Waals surface area contributed by atoms with Gasteiger partial charge in [-0.25, -0.2) is 8.42 Å². The molecule has 9 heteroatoms. The fourth-order valence-corrected chi connectivity index (χ4v) is 7.32. The monoisotopic (exact) mass is 490 g/mol. The molecule has 1 atom stereocenters. The first-order chi connectivity index (χ1) is 16.3. The van der Waals surface area contributed by atoms with Crippen molar-refractivity contribution in [3.63, 3.8) is 0 Å². The van der Waals surface area contributed by atoms with E-state index in [-0.39, 0.29) is 35.4 Å². The first-order valence-electron chi connectivity index (χ1n) is 12.7. The van der Waals surface area contributed by atoms with Gasteiger partial charge in [0.05, 0.1) is 24.6 Å². The van der Waals surface area contributed by atoms with E-state index >= 15 is 0 Å². The smallest absolute Gasteiger partial charge is 0.238 e. The molecule has 34 heavy (non-hydrogen) atoms. The van der Waals surface area contributed by atoms with Gasteiger partial charge in [0.15, 0.2) is 9.84 Å². The number of para-hydroxylation sites is 1. The number of anilines is 1. The van der Waals surface area contributed by atoms with Crippen molar-refractivity contribution >= 4 is 27.3 Å². The Morgan fingerprint density at radius 3 is 2.24 bits per heavy atom. The molecule has 8 nitrogen and oxygen atoms in total. The van der Waals surface area contributed by atoms with Crippen molar-refractivity contribution in [2.45, 2.75) is 57.5 Å². The molecular formula is C25H38N4O4S. The van der Waals surface area contributed by atoms with Crippen LogP contribution in [0.2, 0.25) is 0 Å². The topological polar surface area (TPSA) is 90.0 Å². The standard InChI is InChI=1S/C25H38N4O4S/c1-2-20-7-3-6-10-23(20)26-24(30)17-27-12-14-28(15-13-27)18-25(31)29(21-8-4-5-9-21)22-11-16-34(32,33)19-22/h3,6-7,10,21-22H,2,4-5,8-9,11-19H2,1H3,(H,26,30)/t22-/m1/s1. The first kappa shape index (κ1) is 25.1. The van der Waals surface area contributed by atoms with Gasteiger partial charge in [0.2, 0.25) is 11.8 Å². The highest BCUT2D eigenvalue weighted by Gasteiger charge is 2.39. The fraction of sp³-hybridized carbons (Fsp3) is 0.680. The minimum atomic E-state index is -3.03. The van der Waals surface area contributed by atoms with Crippen LogP contribution in [0.1, 0.15) is 44.6 Å². The molecule has 2 heterocycles. The number of carbonyl (C=O) groups excluding carboxylic acids is 2. The Morgan fingerprint density at radius 2 is 1.62 bits per heavy atom. The number of nitrogens with one attached hydrogen (secondary N) is 1. The van der Waals surface area contributed by atoms with Crippen molar-refractivity contribution in [2.75, 3.05) is 56.1 Å². The van der Waals surface area contributed by atoms with Crippen molar-refractivity contribution in [3.05, 3.63) is 29.8 Å². The molecule has 0 radical (unpaired) electrons. The maximum Gasteiger partial charge on any atom is 0.238 e. The summed E-state index contributed by atoms with van der Waals surface area (Å²) in [4.78, 5) is 32.1. The Bertz CT molecular complexity index is 969. The third kappa shape index (κ3) is 6.37. The number of amides is 2. The zero-order chi connectivity index (χ0) is 24.1. The molecule has 2 saturated heterocycles. The molecule has 0 bridgehead atoms. The van der Waals surface area contributed by atoms with Gasteiger partial charge in [0.1, 0.15) is 0 Å². The van der Waals surface area contributed by atoms with E-state index in [4.69, 9.17) is 0 Å². The van der Waals surface area contributed by atoms with E-state index in [1.54, 1.807) is 0 Å². The van der Waals surface area contributed by atoms with Crippen LogP contribution in [0.25, 0.3) is 0 Å². The molecule has 1 aromatic carbocycles. The van der Waals surface area contributed by atoms with Gasteiger partial charge in [-0.1, -0.05) is 38.0 Å². The Morgan fingerprint density at radius 1 is 0.971 bits per heavy atom. The van der Waals surface area contributed by atoms with Gasteiger partial charge in [0.25, 0.3) is 0 Å². The fourth-order valence-electron chi connectivity index (χ4n) is 5.60. The predicted octanol–water partition coefficient (Wildman–Crippen LogP) is 1.76. The third-order valence-electron chi connectivity index (χ3n) is 7.47. The zero-order valence-electron chi connectivity index (χ0n) is 20.2. The lowest BCUT2D eigenvalue weighted by Crippen LogP contribution is -2.54. The SMILES string of the molecule is CCc1ccccc1NC(=O)CN1CCN(CC(=O)N(C2CCCC2)[C@@H]2CCS(=O)(=O)C2)CC1. The average molecular weight is 491 g/mol. The molecule has 2 aliphatic heterocycles. The second-order valence-electron chi connectivity index (χ2n) is 9.91. The number of carbonyl (C=O) groups is 2. The third-order valence-corrected chi connectivity index (χ3v) is 9.22. The summed E-state index contributed by atoms with van der Waals surface area (Å²) < 4.78 is 24.1. The van der Waals surface area contributed by atoms with Crippen LogP contribution in [0, 0.1) is 0 Å².